The van der Waals surface area contributed by atoms with Gasteiger partial charge < -0.3 is 11.1 Å². The Morgan fingerprint density at radius 2 is 2.28 bits per heavy atom. The molecule has 0 fully saturated rings. The first kappa shape index (κ1) is 14.9. The van der Waals surface area contributed by atoms with E-state index in [0.717, 1.165) is 0 Å². The van der Waals surface area contributed by atoms with Crippen LogP contribution in [-0.4, -0.2) is 28.9 Å². The van der Waals surface area contributed by atoms with E-state index in [1.165, 1.54) is 30.0 Å². The van der Waals surface area contributed by atoms with Gasteiger partial charge in [-0.25, -0.2) is 0 Å². The Balaban J connectivity index is 2.68. The number of nitrogens with two attached hydrogens (primary N) is 1. The van der Waals surface area contributed by atoms with Gasteiger partial charge in [-0.2, -0.15) is 11.8 Å². The second-order valence-electron chi connectivity index (χ2n) is 3.31. The number of carbonyl (C=O) groups excluding carboxylic acids is 1. The zero-order chi connectivity index (χ0) is 13.5. The second kappa shape index (κ2) is 7.34. The Morgan fingerprint density at radius 3 is 2.89 bits per heavy atom. The van der Waals surface area contributed by atoms with Crippen LogP contribution < -0.4 is 11.1 Å². The SMILES string of the molecule is NCCSCC(=O)Nc1cc([N+](=O)[O-])ccc1Br. The fourth-order valence-electron chi connectivity index (χ4n) is 1.16. The first-order valence-electron chi connectivity index (χ1n) is 5.06. The summed E-state index contributed by atoms with van der Waals surface area (Å²) in [5.41, 5.74) is 5.63. The predicted molar refractivity (Wildman–Crippen MR) is 75.8 cm³/mol. The summed E-state index contributed by atoms with van der Waals surface area (Å²) in [4.78, 5) is 21.7. The van der Waals surface area contributed by atoms with Gasteiger partial charge in [0.2, 0.25) is 5.91 Å². The first-order valence-corrected chi connectivity index (χ1v) is 7.01. The fraction of sp³-hybridized carbons (Fsp3) is 0.300. The molecular weight excluding hydrogens is 322 g/mol. The third-order valence-electron chi connectivity index (χ3n) is 1.93. The van der Waals surface area contributed by atoms with Crippen LogP contribution in [0.2, 0.25) is 0 Å². The number of non-ortho nitro benzene ring substituents is 1. The maximum atomic E-state index is 11.6. The zero-order valence-electron chi connectivity index (χ0n) is 9.39. The molecule has 1 aromatic carbocycles. The van der Waals surface area contributed by atoms with Crippen LogP contribution in [0.4, 0.5) is 11.4 Å². The third kappa shape index (κ3) is 4.63. The van der Waals surface area contributed by atoms with Crippen molar-refractivity contribution in [3.05, 3.63) is 32.8 Å². The van der Waals surface area contributed by atoms with Gasteiger partial charge >= 0.3 is 0 Å². The van der Waals surface area contributed by atoms with Crippen molar-refractivity contribution < 1.29 is 9.72 Å². The second-order valence-corrected chi connectivity index (χ2v) is 5.27. The Bertz CT molecular complexity index is 456. The number of rotatable bonds is 6. The van der Waals surface area contributed by atoms with E-state index >= 15 is 0 Å². The molecule has 0 saturated carbocycles. The molecule has 0 unspecified atom stereocenters. The van der Waals surface area contributed by atoms with Crippen molar-refractivity contribution >= 4 is 45.0 Å². The maximum Gasteiger partial charge on any atom is 0.271 e. The van der Waals surface area contributed by atoms with Gasteiger partial charge in [0.15, 0.2) is 0 Å². The highest BCUT2D eigenvalue weighted by molar-refractivity contribution is 9.10. The molecule has 1 amide bonds. The van der Waals surface area contributed by atoms with Crippen molar-refractivity contribution in [2.45, 2.75) is 0 Å². The Hall–Kier alpha value is -1.12. The Labute approximate surface area is 117 Å². The van der Waals surface area contributed by atoms with Crippen molar-refractivity contribution in [1.29, 1.82) is 0 Å². The third-order valence-corrected chi connectivity index (χ3v) is 3.61. The highest BCUT2D eigenvalue weighted by Crippen LogP contribution is 2.27. The van der Waals surface area contributed by atoms with Crippen molar-refractivity contribution in [3.63, 3.8) is 0 Å². The van der Waals surface area contributed by atoms with E-state index in [2.05, 4.69) is 21.2 Å². The number of benzene rings is 1. The van der Waals surface area contributed by atoms with E-state index in [1.54, 1.807) is 0 Å². The largest absolute Gasteiger partial charge is 0.330 e. The van der Waals surface area contributed by atoms with Gasteiger partial charge in [-0.05, 0) is 22.0 Å². The summed E-state index contributed by atoms with van der Waals surface area (Å²) in [6.07, 6.45) is 0. The Kier molecular flexibility index (Phi) is 6.10. The predicted octanol–water partition coefficient (Wildman–Crippen LogP) is 1.99. The molecule has 0 spiro atoms. The van der Waals surface area contributed by atoms with E-state index in [-0.39, 0.29) is 17.3 Å². The first-order chi connectivity index (χ1) is 8.54. The van der Waals surface area contributed by atoms with Gasteiger partial charge in [0, 0.05) is 28.9 Å². The van der Waals surface area contributed by atoms with Gasteiger partial charge in [0.1, 0.15) is 0 Å². The summed E-state index contributed by atoms with van der Waals surface area (Å²) in [7, 11) is 0. The van der Waals surface area contributed by atoms with Gasteiger partial charge in [-0.15, -0.1) is 0 Å². The van der Waals surface area contributed by atoms with E-state index in [9.17, 15) is 14.9 Å². The number of thioether (sulfide) groups is 1. The lowest BCUT2D eigenvalue weighted by atomic mass is 10.3. The molecule has 0 atom stereocenters. The number of nitrogens with one attached hydrogen (secondary N) is 1. The van der Waals surface area contributed by atoms with E-state index in [4.69, 9.17) is 5.73 Å². The van der Waals surface area contributed by atoms with Crippen LogP contribution in [0.15, 0.2) is 22.7 Å². The van der Waals surface area contributed by atoms with Gasteiger partial charge in [-0.1, -0.05) is 0 Å². The van der Waals surface area contributed by atoms with Crippen LogP contribution in [-0.2, 0) is 4.79 Å². The van der Waals surface area contributed by atoms with Crippen molar-refractivity contribution in [2.24, 2.45) is 5.73 Å². The highest BCUT2D eigenvalue weighted by Gasteiger charge is 2.11. The molecule has 0 bridgehead atoms. The minimum absolute atomic E-state index is 0.0666. The monoisotopic (exact) mass is 333 g/mol. The van der Waals surface area contributed by atoms with Gasteiger partial charge in [0.05, 0.1) is 16.4 Å². The smallest absolute Gasteiger partial charge is 0.271 e. The molecule has 0 saturated heterocycles. The molecule has 6 nitrogen and oxygen atoms in total. The summed E-state index contributed by atoms with van der Waals surface area (Å²) in [5.74, 6) is 0.755. The van der Waals surface area contributed by atoms with Gasteiger partial charge in [0.25, 0.3) is 5.69 Å². The minimum Gasteiger partial charge on any atom is -0.330 e. The van der Waals surface area contributed by atoms with Crippen LogP contribution in [0, 0.1) is 10.1 Å². The number of nitrogens with zero attached hydrogens (tertiary/aromatic N) is 1. The average Bonchev–Trinajstić information content (AvgIpc) is 2.32. The summed E-state index contributed by atoms with van der Waals surface area (Å²) < 4.78 is 0.602. The molecule has 0 heterocycles. The number of nitro groups is 1. The van der Waals surface area contributed by atoms with Crippen LogP contribution in [0.1, 0.15) is 0 Å². The Morgan fingerprint density at radius 1 is 1.56 bits per heavy atom. The lowest BCUT2D eigenvalue weighted by Crippen LogP contribution is -2.16. The number of carbonyl (C=O) groups is 1. The summed E-state index contributed by atoms with van der Waals surface area (Å²) >= 11 is 4.64. The molecule has 0 radical (unpaired) electrons. The van der Waals surface area contributed by atoms with Crippen LogP contribution in [0.3, 0.4) is 0 Å². The molecule has 0 aliphatic carbocycles. The summed E-state index contributed by atoms with van der Waals surface area (Å²) in [5, 5.41) is 13.2. The lowest BCUT2D eigenvalue weighted by molar-refractivity contribution is -0.384. The lowest BCUT2D eigenvalue weighted by Gasteiger charge is -2.06. The number of halogens is 1. The summed E-state index contributed by atoms with van der Waals surface area (Å²) in [6, 6.07) is 4.21. The van der Waals surface area contributed by atoms with E-state index < -0.39 is 4.92 Å². The number of anilines is 1. The van der Waals surface area contributed by atoms with Crippen LogP contribution >= 0.6 is 27.7 Å². The minimum atomic E-state index is -0.509. The highest BCUT2D eigenvalue weighted by atomic mass is 79.9. The standard InChI is InChI=1S/C10H12BrN3O3S/c11-8-2-1-7(14(16)17)5-9(8)13-10(15)6-18-4-3-12/h1-2,5H,3-4,6,12H2,(H,13,15). The fourth-order valence-corrected chi connectivity index (χ4v) is 2.07. The number of hydrogen-bond donors (Lipinski definition) is 2. The number of nitro benzene ring substituents is 1. The molecule has 1 rings (SSSR count). The summed E-state index contributed by atoms with van der Waals surface area (Å²) in [6.45, 7) is 0.512. The van der Waals surface area contributed by atoms with Gasteiger partial charge in [-0.3, -0.25) is 14.9 Å². The molecule has 0 aromatic heterocycles. The van der Waals surface area contributed by atoms with Crippen molar-refractivity contribution in [1.82, 2.24) is 0 Å². The topological polar surface area (TPSA) is 98.3 Å². The molecule has 8 heteroatoms. The molecule has 0 aliphatic rings. The maximum absolute atomic E-state index is 11.6. The van der Waals surface area contributed by atoms with Crippen LogP contribution in [0.25, 0.3) is 0 Å². The van der Waals surface area contributed by atoms with E-state index in [0.29, 0.717) is 22.5 Å². The number of amides is 1. The zero-order valence-corrected chi connectivity index (χ0v) is 11.8. The average molecular weight is 334 g/mol. The normalized spacial score (nSPS) is 10.1. The molecule has 98 valence electrons. The molecule has 1 aromatic rings. The number of hydrogen-bond acceptors (Lipinski definition) is 5. The van der Waals surface area contributed by atoms with E-state index in [1.807, 2.05) is 0 Å². The molecule has 0 aliphatic heterocycles. The quantitative estimate of drug-likeness (QED) is 0.471. The molecule has 18 heavy (non-hydrogen) atoms. The van der Waals surface area contributed by atoms with Crippen LogP contribution in [0.5, 0.6) is 0 Å². The molecule has 3 N–H and O–H groups in total. The van der Waals surface area contributed by atoms with Crippen molar-refractivity contribution in [2.75, 3.05) is 23.4 Å². The van der Waals surface area contributed by atoms with Crippen molar-refractivity contribution in [3.8, 4) is 0 Å². The molecular formula is C10H12BrN3O3S.